The molecule has 5 heteroatoms. The van der Waals surface area contributed by atoms with Gasteiger partial charge in [0.15, 0.2) is 0 Å². The van der Waals surface area contributed by atoms with Crippen LogP contribution >= 0.6 is 11.6 Å². The van der Waals surface area contributed by atoms with Crippen molar-refractivity contribution in [2.24, 2.45) is 5.41 Å². The molecule has 1 aromatic rings. The third kappa shape index (κ3) is 3.96. The average molecular weight is 284 g/mol. The largest absolute Gasteiger partial charge is 0.480 e. The van der Waals surface area contributed by atoms with Crippen LogP contribution in [0.5, 0.6) is 0 Å². The number of carboxylic acid groups (broad SMARTS) is 1. The van der Waals surface area contributed by atoms with Crippen molar-refractivity contribution >= 4 is 23.5 Å². The number of rotatable bonds is 3. The number of carboxylic acids is 1. The van der Waals surface area contributed by atoms with Crippen LogP contribution in [-0.4, -0.2) is 23.0 Å². The Morgan fingerprint density at radius 2 is 1.89 bits per heavy atom. The molecule has 0 aliphatic rings. The predicted molar refractivity (Wildman–Crippen MR) is 74.5 cm³/mol. The highest BCUT2D eigenvalue weighted by molar-refractivity contribution is 6.31. The lowest BCUT2D eigenvalue weighted by molar-refractivity contribution is -0.142. The third-order valence-electron chi connectivity index (χ3n) is 2.81. The molecular formula is C14H18ClNO3. The summed E-state index contributed by atoms with van der Waals surface area (Å²) < 4.78 is 0. The number of carbonyl (C=O) groups excluding carboxylic acids is 1. The Morgan fingerprint density at radius 3 is 2.32 bits per heavy atom. The summed E-state index contributed by atoms with van der Waals surface area (Å²) in [6, 6.07) is 3.89. The van der Waals surface area contributed by atoms with E-state index in [1.807, 2.05) is 0 Å². The number of hydrogen-bond donors (Lipinski definition) is 2. The van der Waals surface area contributed by atoms with Crippen LogP contribution in [0.15, 0.2) is 18.2 Å². The van der Waals surface area contributed by atoms with Crippen molar-refractivity contribution in [1.29, 1.82) is 0 Å². The van der Waals surface area contributed by atoms with Gasteiger partial charge in [-0.1, -0.05) is 32.4 Å². The first-order valence-corrected chi connectivity index (χ1v) is 6.30. The third-order valence-corrected chi connectivity index (χ3v) is 3.23. The van der Waals surface area contributed by atoms with E-state index in [2.05, 4.69) is 5.32 Å². The molecule has 0 spiro atoms. The number of benzene rings is 1. The van der Waals surface area contributed by atoms with Crippen LogP contribution in [-0.2, 0) is 4.79 Å². The van der Waals surface area contributed by atoms with Crippen molar-refractivity contribution in [2.45, 2.75) is 33.7 Å². The van der Waals surface area contributed by atoms with Crippen molar-refractivity contribution in [3.05, 3.63) is 34.3 Å². The molecule has 0 bridgehead atoms. The monoisotopic (exact) mass is 283 g/mol. The fraction of sp³-hybridized carbons (Fsp3) is 0.429. The quantitative estimate of drug-likeness (QED) is 0.896. The Morgan fingerprint density at radius 1 is 1.32 bits per heavy atom. The van der Waals surface area contributed by atoms with Gasteiger partial charge in [0.25, 0.3) is 5.91 Å². The van der Waals surface area contributed by atoms with E-state index in [0.717, 1.165) is 5.56 Å². The standard InChI is InChI=1S/C14H18ClNO3/c1-8-7-9(5-6-10(8)15)12(17)16-11(13(18)19)14(2,3)4/h5-7,11H,1-4H3,(H,16,17)(H,18,19)/t11-/m1/s1. The van der Waals surface area contributed by atoms with Gasteiger partial charge in [0.05, 0.1) is 0 Å². The number of nitrogens with one attached hydrogen (secondary N) is 1. The number of aliphatic carboxylic acids is 1. The van der Waals surface area contributed by atoms with Crippen molar-refractivity contribution in [3.8, 4) is 0 Å². The molecule has 0 unspecified atom stereocenters. The lowest BCUT2D eigenvalue weighted by atomic mass is 9.86. The zero-order valence-corrected chi connectivity index (χ0v) is 12.2. The second-order valence-corrected chi connectivity index (χ2v) is 5.98. The molecule has 0 saturated carbocycles. The second-order valence-electron chi connectivity index (χ2n) is 5.57. The van der Waals surface area contributed by atoms with Gasteiger partial charge in [0.1, 0.15) is 6.04 Å². The fourth-order valence-electron chi connectivity index (χ4n) is 1.65. The van der Waals surface area contributed by atoms with Crippen LogP contribution in [0.1, 0.15) is 36.7 Å². The van der Waals surface area contributed by atoms with Crippen LogP contribution in [0.2, 0.25) is 5.02 Å². The number of hydrogen-bond acceptors (Lipinski definition) is 2. The maximum Gasteiger partial charge on any atom is 0.326 e. The molecule has 0 aliphatic carbocycles. The zero-order valence-electron chi connectivity index (χ0n) is 11.5. The summed E-state index contributed by atoms with van der Waals surface area (Å²) in [6.45, 7) is 7.08. The average Bonchev–Trinajstić information content (AvgIpc) is 2.27. The molecule has 19 heavy (non-hydrogen) atoms. The first-order valence-electron chi connectivity index (χ1n) is 5.92. The summed E-state index contributed by atoms with van der Waals surface area (Å²) in [5, 5.41) is 12.3. The van der Waals surface area contributed by atoms with E-state index in [0.29, 0.717) is 10.6 Å². The maximum absolute atomic E-state index is 12.1. The number of halogens is 1. The van der Waals surface area contributed by atoms with Crippen LogP contribution in [0.25, 0.3) is 0 Å². The lowest BCUT2D eigenvalue weighted by Crippen LogP contribution is -2.49. The van der Waals surface area contributed by atoms with Crippen LogP contribution in [0.3, 0.4) is 0 Å². The molecule has 104 valence electrons. The van der Waals surface area contributed by atoms with Gasteiger partial charge in [0, 0.05) is 10.6 Å². The van der Waals surface area contributed by atoms with E-state index in [1.165, 1.54) is 0 Å². The van der Waals surface area contributed by atoms with Gasteiger partial charge >= 0.3 is 5.97 Å². The molecule has 1 atom stereocenters. The highest BCUT2D eigenvalue weighted by Gasteiger charge is 2.32. The van der Waals surface area contributed by atoms with Gasteiger partial charge in [-0.15, -0.1) is 0 Å². The minimum Gasteiger partial charge on any atom is -0.480 e. The minimum absolute atomic E-state index is 0.400. The van der Waals surface area contributed by atoms with Gasteiger partial charge in [-0.05, 0) is 36.1 Å². The fourth-order valence-corrected chi connectivity index (χ4v) is 1.77. The summed E-state index contributed by atoms with van der Waals surface area (Å²) >= 11 is 5.89. The number of carbonyl (C=O) groups is 2. The molecule has 0 fully saturated rings. The van der Waals surface area contributed by atoms with Crippen LogP contribution in [0, 0.1) is 12.3 Å². The number of amides is 1. The second kappa shape index (κ2) is 5.61. The summed E-state index contributed by atoms with van der Waals surface area (Å²) in [4.78, 5) is 23.3. The van der Waals surface area contributed by atoms with Gasteiger partial charge in [-0.25, -0.2) is 4.79 Å². The molecule has 4 nitrogen and oxygen atoms in total. The highest BCUT2D eigenvalue weighted by Crippen LogP contribution is 2.21. The molecular weight excluding hydrogens is 266 g/mol. The summed E-state index contributed by atoms with van der Waals surface area (Å²) in [6.07, 6.45) is 0. The molecule has 0 saturated heterocycles. The van der Waals surface area contributed by atoms with Crippen molar-refractivity contribution in [3.63, 3.8) is 0 Å². The molecule has 0 aliphatic heterocycles. The van der Waals surface area contributed by atoms with E-state index < -0.39 is 23.3 Å². The van der Waals surface area contributed by atoms with Crippen LogP contribution < -0.4 is 5.32 Å². The molecule has 0 heterocycles. The topological polar surface area (TPSA) is 66.4 Å². The lowest BCUT2D eigenvalue weighted by Gasteiger charge is -2.27. The van der Waals surface area contributed by atoms with Crippen LogP contribution in [0.4, 0.5) is 0 Å². The van der Waals surface area contributed by atoms with Crippen molar-refractivity contribution in [2.75, 3.05) is 0 Å². The molecule has 1 amide bonds. The van der Waals surface area contributed by atoms with Gasteiger partial charge in [-0.2, -0.15) is 0 Å². The Balaban J connectivity index is 2.94. The number of aryl methyl sites for hydroxylation is 1. The molecule has 0 radical (unpaired) electrons. The highest BCUT2D eigenvalue weighted by atomic mass is 35.5. The van der Waals surface area contributed by atoms with E-state index >= 15 is 0 Å². The van der Waals surface area contributed by atoms with E-state index in [9.17, 15) is 9.59 Å². The Kier molecular flexibility index (Phi) is 4.58. The summed E-state index contributed by atoms with van der Waals surface area (Å²) in [7, 11) is 0. The molecule has 2 N–H and O–H groups in total. The van der Waals surface area contributed by atoms with Gasteiger partial charge in [-0.3, -0.25) is 4.79 Å². The Labute approximate surface area is 117 Å². The minimum atomic E-state index is -1.05. The van der Waals surface area contributed by atoms with E-state index in [1.54, 1.807) is 45.9 Å². The normalized spacial score (nSPS) is 12.9. The smallest absolute Gasteiger partial charge is 0.326 e. The van der Waals surface area contributed by atoms with Crippen molar-refractivity contribution < 1.29 is 14.7 Å². The summed E-state index contributed by atoms with van der Waals surface area (Å²) in [5.74, 6) is -1.46. The van der Waals surface area contributed by atoms with E-state index in [-0.39, 0.29) is 0 Å². The first-order chi connectivity index (χ1) is 8.62. The molecule has 1 aromatic carbocycles. The Hall–Kier alpha value is -1.55. The molecule has 0 aromatic heterocycles. The molecule has 1 rings (SSSR count). The van der Waals surface area contributed by atoms with Crippen molar-refractivity contribution in [1.82, 2.24) is 5.32 Å². The predicted octanol–water partition coefficient (Wildman–Crippen LogP) is 2.88. The zero-order chi connectivity index (χ0) is 14.8. The summed E-state index contributed by atoms with van der Waals surface area (Å²) in [5.41, 5.74) is 0.609. The maximum atomic E-state index is 12.1. The van der Waals surface area contributed by atoms with E-state index in [4.69, 9.17) is 16.7 Å². The van der Waals surface area contributed by atoms with Gasteiger partial charge < -0.3 is 10.4 Å². The first kappa shape index (κ1) is 15.5. The Bertz CT molecular complexity index is 506. The SMILES string of the molecule is Cc1cc(C(=O)N[C@H](C(=O)O)C(C)(C)C)ccc1Cl. The van der Waals surface area contributed by atoms with Gasteiger partial charge in [0.2, 0.25) is 0 Å².